The Labute approximate surface area is 129 Å². The lowest BCUT2D eigenvalue weighted by atomic mass is 9.79. The number of rotatable bonds is 1. The molecule has 1 aromatic rings. The summed E-state index contributed by atoms with van der Waals surface area (Å²) in [6.07, 6.45) is 8.24. The number of halogens is 1. The first kappa shape index (κ1) is 13.6. The molecule has 1 N–H and O–H groups in total. The van der Waals surface area contributed by atoms with Crippen LogP contribution in [0.3, 0.4) is 0 Å². The Hall–Kier alpha value is -1.06. The van der Waals surface area contributed by atoms with Gasteiger partial charge in [-0.2, -0.15) is 0 Å². The van der Waals surface area contributed by atoms with Crippen molar-refractivity contribution < 1.29 is 4.39 Å². The molecule has 2 aliphatic heterocycles. The molecule has 1 aliphatic carbocycles. The van der Waals surface area contributed by atoms with E-state index in [1.807, 2.05) is 23.9 Å². The number of allylic oxidation sites excluding steroid dienone is 2. The number of thioether (sulfide) groups is 1. The van der Waals surface area contributed by atoms with Crippen LogP contribution in [0.15, 0.2) is 41.5 Å². The van der Waals surface area contributed by atoms with E-state index in [1.54, 1.807) is 12.1 Å². The molecule has 0 unspecified atom stereocenters. The van der Waals surface area contributed by atoms with Gasteiger partial charge in [0.25, 0.3) is 0 Å². The monoisotopic (exact) mass is 301 g/mol. The molecular weight excluding hydrogens is 281 g/mol. The van der Waals surface area contributed by atoms with Crippen LogP contribution in [0.2, 0.25) is 0 Å². The minimum Gasteiger partial charge on any atom is -0.317 e. The van der Waals surface area contributed by atoms with Gasteiger partial charge < -0.3 is 5.32 Å². The van der Waals surface area contributed by atoms with Crippen molar-refractivity contribution in [3.05, 3.63) is 52.9 Å². The molecule has 0 atom stereocenters. The van der Waals surface area contributed by atoms with Gasteiger partial charge in [0.15, 0.2) is 0 Å². The first-order valence-corrected chi connectivity index (χ1v) is 8.71. The maximum atomic E-state index is 14.3. The fraction of sp³-hybridized carbons (Fsp3) is 0.444. The molecule has 1 spiro atoms. The van der Waals surface area contributed by atoms with Crippen molar-refractivity contribution in [2.24, 2.45) is 0 Å². The number of fused-ring (bicyclic) bond motifs is 2. The van der Waals surface area contributed by atoms with Gasteiger partial charge in [-0.1, -0.05) is 24.3 Å². The fourth-order valence-corrected chi connectivity index (χ4v) is 5.58. The third-order valence-corrected chi connectivity index (χ3v) is 6.59. The molecule has 2 heterocycles. The summed E-state index contributed by atoms with van der Waals surface area (Å²) in [5, 5.41) is 3.46. The summed E-state index contributed by atoms with van der Waals surface area (Å²) in [6, 6.07) is 7.26. The summed E-state index contributed by atoms with van der Waals surface area (Å²) in [7, 11) is 0. The molecule has 0 amide bonds. The zero-order valence-electron chi connectivity index (χ0n) is 12.1. The van der Waals surface area contributed by atoms with Crippen LogP contribution in [0.5, 0.6) is 0 Å². The minimum atomic E-state index is -0.0802. The van der Waals surface area contributed by atoms with Gasteiger partial charge in [0.2, 0.25) is 0 Å². The van der Waals surface area contributed by atoms with Gasteiger partial charge in [-0.05, 0) is 62.4 Å². The number of benzene rings is 1. The number of hydrogen-bond acceptors (Lipinski definition) is 2. The highest BCUT2D eigenvalue weighted by atomic mass is 32.2. The van der Waals surface area contributed by atoms with E-state index in [4.69, 9.17) is 0 Å². The molecule has 1 nitrogen and oxygen atoms in total. The van der Waals surface area contributed by atoms with Crippen molar-refractivity contribution in [1.29, 1.82) is 0 Å². The van der Waals surface area contributed by atoms with E-state index < -0.39 is 0 Å². The lowest BCUT2D eigenvalue weighted by molar-refractivity contribution is 0.455. The molecule has 1 aromatic carbocycles. The molecule has 21 heavy (non-hydrogen) atoms. The smallest absolute Gasteiger partial charge is 0.131 e. The highest BCUT2D eigenvalue weighted by molar-refractivity contribution is 8.10. The van der Waals surface area contributed by atoms with Crippen LogP contribution in [0.1, 0.15) is 37.7 Å². The summed E-state index contributed by atoms with van der Waals surface area (Å²) in [4.78, 5) is 1.21. The predicted octanol–water partition coefficient (Wildman–Crippen LogP) is 4.52. The maximum absolute atomic E-state index is 14.3. The van der Waals surface area contributed by atoms with Crippen LogP contribution in [-0.4, -0.2) is 17.8 Å². The molecular formula is C18H20FNS. The van der Waals surface area contributed by atoms with Crippen LogP contribution in [0, 0.1) is 5.82 Å². The van der Waals surface area contributed by atoms with Crippen molar-refractivity contribution in [3.8, 4) is 0 Å². The van der Waals surface area contributed by atoms with Gasteiger partial charge in [-0.3, -0.25) is 0 Å². The average molecular weight is 301 g/mol. The normalized spacial score (nSPS) is 24.1. The number of nitrogens with one attached hydrogen (secondary N) is 1. The summed E-state index contributed by atoms with van der Waals surface area (Å²) < 4.78 is 14.5. The average Bonchev–Trinajstić information content (AvgIpc) is 2.84. The maximum Gasteiger partial charge on any atom is 0.131 e. The molecule has 0 saturated carbocycles. The first-order valence-electron chi connectivity index (χ1n) is 7.89. The standard InChI is InChI=1S/C18H20FNS/c19-16-8-4-2-6-14(16)17-13-5-1-3-7-15(13)18(21-17)9-11-20-12-10-18/h2,4,6-8,20H,1,3,5,9-12H2. The van der Waals surface area contributed by atoms with Gasteiger partial charge in [0.05, 0.1) is 0 Å². The Bertz CT molecular complexity index is 626. The molecule has 0 aromatic heterocycles. The molecule has 110 valence electrons. The zero-order chi connectivity index (χ0) is 14.3. The van der Waals surface area contributed by atoms with E-state index >= 15 is 0 Å². The number of hydrogen-bond donors (Lipinski definition) is 1. The van der Waals surface area contributed by atoms with Crippen LogP contribution < -0.4 is 5.32 Å². The van der Waals surface area contributed by atoms with Crippen molar-refractivity contribution in [2.45, 2.75) is 36.9 Å². The van der Waals surface area contributed by atoms with E-state index in [2.05, 4.69) is 11.4 Å². The third kappa shape index (κ3) is 2.18. The van der Waals surface area contributed by atoms with E-state index in [1.165, 1.54) is 28.9 Å². The summed E-state index contributed by atoms with van der Waals surface area (Å²) in [6.45, 7) is 2.14. The molecule has 1 saturated heterocycles. The molecule has 3 heteroatoms. The SMILES string of the molecule is Fc1ccccc1C1=C2CCCC=C2C2(CCNCC2)S1. The van der Waals surface area contributed by atoms with Crippen molar-refractivity contribution in [3.63, 3.8) is 0 Å². The fourth-order valence-electron chi connectivity index (χ4n) is 3.86. The Kier molecular flexibility index (Phi) is 3.43. The van der Waals surface area contributed by atoms with Crippen LogP contribution in [-0.2, 0) is 0 Å². The van der Waals surface area contributed by atoms with Gasteiger partial charge in [-0.25, -0.2) is 4.39 Å². The first-order chi connectivity index (χ1) is 10.3. The van der Waals surface area contributed by atoms with Crippen molar-refractivity contribution in [1.82, 2.24) is 5.32 Å². The Balaban J connectivity index is 1.82. The Morgan fingerprint density at radius 2 is 1.95 bits per heavy atom. The topological polar surface area (TPSA) is 12.0 Å². The zero-order valence-corrected chi connectivity index (χ0v) is 12.9. The van der Waals surface area contributed by atoms with Gasteiger partial charge >= 0.3 is 0 Å². The molecule has 0 radical (unpaired) electrons. The van der Waals surface area contributed by atoms with Crippen molar-refractivity contribution >= 4 is 16.7 Å². The van der Waals surface area contributed by atoms with E-state index in [-0.39, 0.29) is 10.6 Å². The van der Waals surface area contributed by atoms with Crippen LogP contribution in [0.25, 0.3) is 4.91 Å². The highest BCUT2D eigenvalue weighted by Gasteiger charge is 2.45. The second kappa shape index (κ2) is 5.29. The molecule has 3 aliphatic rings. The summed E-state index contributed by atoms with van der Waals surface area (Å²) >= 11 is 1.94. The lowest BCUT2D eigenvalue weighted by Crippen LogP contribution is -2.39. The quantitative estimate of drug-likeness (QED) is 0.818. The molecule has 0 bridgehead atoms. The summed E-state index contributed by atoms with van der Waals surface area (Å²) in [5.41, 5.74) is 3.76. The second-order valence-electron chi connectivity index (χ2n) is 6.14. The lowest BCUT2D eigenvalue weighted by Gasteiger charge is -2.36. The summed E-state index contributed by atoms with van der Waals surface area (Å²) in [5.74, 6) is -0.0802. The van der Waals surface area contributed by atoms with Crippen LogP contribution in [0.4, 0.5) is 4.39 Å². The minimum absolute atomic E-state index is 0.0802. The van der Waals surface area contributed by atoms with Crippen LogP contribution >= 0.6 is 11.8 Å². The number of piperidine rings is 1. The second-order valence-corrected chi connectivity index (χ2v) is 7.54. The highest BCUT2D eigenvalue weighted by Crippen LogP contribution is 2.60. The molecule has 1 fully saturated rings. The van der Waals surface area contributed by atoms with Gasteiger partial charge in [0, 0.05) is 15.2 Å². The van der Waals surface area contributed by atoms with Crippen molar-refractivity contribution in [2.75, 3.05) is 13.1 Å². The van der Waals surface area contributed by atoms with E-state index in [0.717, 1.165) is 37.9 Å². The largest absolute Gasteiger partial charge is 0.317 e. The van der Waals surface area contributed by atoms with E-state index in [0.29, 0.717) is 0 Å². The van der Waals surface area contributed by atoms with Gasteiger partial charge in [-0.15, -0.1) is 11.8 Å². The van der Waals surface area contributed by atoms with E-state index in [9.17, 15) is 4.39 Å². The predicted molar refractivity (Wildman–Crippen MR) is 87.7 cm³/mol. The molecule has 4 rings (SSSR count). The Morgan fingerprint density at radius 3 is 2.76 bits per heavy atom. The Morgan fingerprint density at radius 1 is 1.14 bits per heavy atom. The van der Waals surface area contributed by atoms with Gasteiger partial charge in [0.1, 0.15) is 5.82 Å². The third-order valence-electron chi connectivity index (χ3n) is 4.90.